The summed E-state index contributed by atoms with van der Waals surface area (Å²) >= 11 is 0. The molecular weight excluding hydrogens is 239 g/mol. The van der Waals surface area contributed by atoms with E-state index in [0.29, 0.717) is 18.4 Å². The monoisotopic (exact) mass is 252 g/mol. The summed E-state index contributed by atoms with van der Waals surface area (Å²) in [5.41, 5.74) is 3.09. The summed E-state index contributed by atoms with van der Waals surface area (Å²) in [5.74, 6) is -1.42. The van der Waals surface area contributed by atoms with Gasteiger partial charge in [-0.2, -0.15) is 0 Å². The fourth-order valence-corrected chi connectivity index (χ4v) is 2.00. The molecule has 96 valence electrons. The van der Waals surface area contributed by atoms with Crippen LogP contribution < -0.4 is 10.2 Å². The van der Waals surface area contributed by atoms with E-state index in [9.17, 15) is 9.18 Å². The van der Waals surface area contributed by atoms with Gasteiger partial charge >= 0.3 is 0 Å². The van der Waals surface area contributed by atoms with Gasteiger partial charge < -0.3 is 4.74 Å². The van der Waals surface area contributed by atoms with Crippen LogP contribution >= 0.6 is 0 Å². The highest BCUT2D eigenvalue weighted by atomic mass is 19.1. The molecule has 1 atom stereocenters. The molecule has 1 unspecified atom stereocenters. The van der Waals surface area contributed by atoms with Crippen molar-refractivity contribution in [2.75, 3.05) is 7.11 Å². The lowest BCUT2D eigenvalue weighted by Gasteiger charge is -2.04. The number of hydrogen-bond donors (Lipinski definition) is 2. The number of aromatic nitrogens is 1. The van der Waals surface area contributed by atoms with Gasteiger partial charge in [-0.05, 0) is 30.0 Å². The van der Waals surface area contributed by atoms with Crippen LogP contribution in [0.4, 0.5) is 4.39 Å². The summed E-state index contributed by atoms with van der Waals surface area (Å²) in [6.07, 6.45) is 4.46. The molecule has 1 amide bonds. The topological polar surface area (TPSA) is 71.5 Å². The Kier molecular flexibility index (Phi) is 3.57. The molecule has 2 N–H and O–H groups in total. The van der Waals surface area contributed by atoms with Crippen molar-refractivity contribution in [3.63, 3.8) is 0 Å². The third-order valence-corrected chi connectivity index (χ3v) is 2.95. The molecule has 0 radical (unpaired) electrons. The van der Waals surface area contributed by atoms with Gasteiger partial charge in [0.05, 0.1) is 13.0 Å². The minimum absolute atomic E-state index is 0.0537. The second kappa shape index (κ2) is 5.14. The van der Waals surface area contributed by atoms with Gasteiger partial charge in [-0.25, -0.2) is 14.9 Å². The van der Waals surface area contributed by atoms with Gasteiger partial charge in [0.1, 0.15) is 0 Å². The molecule has 5 nitrogen and oxygen atoms in total. The molecule has 6 heteroatoms. The molecule has 0 spiro atoms. The summed E-state index contributed by atoms with van der Waals surface area (Å²) in [5, 5.41) is 8.55. The Morgan fingerprint density at radius 2 is 2.44 bits per heavy atom. The van der Waals surface area contributed by atoms with Crippen molar-refractivity contribution >= 4 is 11.5 Å². The van der Waals surface area contributed by atoms with Crippen molar-refractivity contribution in [1.29, 1.82) is 0 Å². The van der Waals surface area contributed by atoms with Crippen LogP contribution in [0.2, 0.25) is 0 Å². The number of rotatable bonds is 3. The normalized spacial score (nSPS) is 18.4. The molecule has 18 heavy (non-hydrogen) atoms. The number of nitrogens with zero attached hydrogens (tertiary/aromatic N) is 1. The predicted octanol–water partition coefficient (Wildman–Crippen LogP) is 1.53. The molecule has 1 aliphatic rings. The van der Waals surface area contributed by atoms with Gasteiger partial charge in [0.2, 0.25) is 11.8 Å². The quantitative estimate of drug-likeness (QED) is 0.632. The van der Waals surface area contributed by atoms with Gasteiger partial charge in [0.25, 0.3) is 0 Å². The largest absolute Gasteiger partial charge is 0.479 e. The molecule has 0 saturated heterocycles. The second-order valence-electron chi connectivity index (χ2n) is 4.03. The number of carbonyl (C=O) groups excluding carboxylic acids is 1. The number of allylic oxidation sites excluding steroid dienone is 1. The van der Waals surface area contributed by atoms with Crippen LogP contribution in [0.1, 0.15) is 18.4 Å². The molecular formula is C12H13FN2O3. The van der Waals surface area contributed by atoms with Gasteiger partial charge in [-0.15, -0.1) is 0 Å². The molecule has 1 aromatic heterocycles. The minimum atomic E-state index is -0.536. The molecule has 1 aromatic rings. The fourth-order valence-electron chi connectivity index (χ4n) is 2.00. The van der Waals surface area contributed by atoms with Crippen molar-refractivity contribution in [3.8, 4) is 5.88 Å². The molecule has 0 saturated carbocycles. The first kappa shape index (κ1) is 12.5. The maximum Gasteiger partial charge on any atom is 0.250 e. The van der Waals surface area contributed by atoms with E-state index in [1.807, 2.05) is 0 Å². The van der Waals surface area contributed by atoms with Crippen molar-refractivity contribution in [3.05, 3.63) is 29.7 Å². The van der Waals surface area contributed by atoms with E-state index in [1.165, 1.54) is 19.4 Å². The maximum absolute atomic E-state index is 13.5. The van der Waals surface area contributed by atoms with Crippen molar-refractivity contribution in [2.45, 2.75) is 12.8 Å². The highest BCUT2D eigenvalue weighted by Gasteiger charge is 2.23. The third kappa shape index (κ3) is 2.33. The van der Waals surface area contributed by atoms with Crippen LogP contribution in [-0.4, -0.2) is 23.2 Å². The Bertz CT molecular complexity index is 502. The molecule has 0 bridgehead atoms. The Balaban J connectivity index is 2.23. The summed E-state index contributed by atoms with van der Waals surface area (Å²) in [7, 11) is 1.35. The first-order chi connectivity index (χ1) is 8.65. The van der Waals surface area contributed by atoms with Gasteiger partial charge in [0.15, 0.2) is 5.82 Å². The Hall–Kier alpha value is -1.95. The lowest BCUT2D eigenvalue weighted by molar-refractivity contribution is -0.131. The zero-order chi connectivity index (χ0) is 13.1. The highest BCUT2D eigenvalue weighted by molar-refractivity contribution is 5.84. The molecule has 1 heterocycles. The first-order valence-corrected chi connectivity index (χ1v) is 5.50. The first-order valence-electron chi connectivity index (χ1n) is 5.50. The van der Waals surface area contributed by atoms with Crippen LogP contribution in [-0.2, 0) is 4.79 Å². The van der Waals surface area contributed by atoms with E-state index in [-0.39, 0.29) is 11.8 Å². The zero-order valence-corrected chi connectivity index (χ0v) is 9.81. The number of hydrogen-bond acceptors (Lipinski definition) is 4. The van der Waals surface area contributed by atoms with Crippen molar-refractivity contribution in [2.24, 2.45) is 5.92 Å². The summed E-state index contributed by atoms with van der Waals surface area (Å²) in [6.45, 7) is 0. The Morgan fingerprint density at radius 1 is 1.67 bits per heavy atom. The molecule has 0 aromatic carbocycles. The number of methoxy groups -OCH3 is 1. The molecule has 2 rings (SSSR count). The number of nitrogens with one attached hydrogen (secondary N) is 1. The Morgan fingerprint density at radius 3 is 3.06 bits per heavy atom. The molecule has 1 aliphatic carbocycles. The average molecular weight is 252 g/mol. The van der Waals surface area contributed by atoms with E-state index in [0.717, 1.165) is 5.57 Å². The summed E-state index contributed by atoms with van der Waals surface area (Å²) in [6, 6.07) is 1.33. The van der Waals surface area contributed by atoms with Crippen LogP contribution in [0, 0.1) is 11.7 Å². The van der Waals surface area contributed by atoms with E-state index < -0.39 is 11.7 Å². The number of carbonyl (C=O) groups is 1. The summed E-state index contributed by atoms with van der Waals surface area (Å²) in [4.78, 5) is 15.1. The number of ether oxygens (including phenoxy) is 1. The van der Waals surface area contributed by atoms with E-state index in [4.69, 9.17) is 9.94 Å². The maximum atomic E-state index is 13.5. The highest BCUT2D eigenvalue weighted by Crippen LogP contribution is 2.32. The van der Waals surface area contributed by atoms with E-state index in [1.54, 1.807) is 11.6 Å². The van der Waals surface area contributed by atoms with Crippen LogP contribution in [0.25, 0.3) is 5.57 Å². The third-order valence-electron chi connectivity index (χ3n) is 2.95. The number of amides is 1. The predicted molar refractivity (Wildman–Crippen MR) is 61.4 cm³/mol. The van der Waals surface area contributed by atoms with E-state index >= 15 is 0 Å². The summed E-state index contributed by atoms with van der Waals surface area (Å²) < 4.78 is 18.2. The molecule has 0 fully saturated rings. The Labute approximate surface area is 103 Å². The number of hydroxylamine groups is 1. The zero-order valence-electron chi connectivity index (χ0n) is 9.81. The van der Waals surface area contributed by atoms with Gasteiger partial charge in [-0.3, -0.25) is 10.0 Å². The minimum Gasteiger partial charge on any atom is -0.479 e. The number of halogens is 1. The van der Waals surface area contributed by atoms with Crippen LogP contribution in [0.5, 0.6) is 5.88 Å². The fraction of sp³-hybridized carbons (Fsp3) is 0.333. The van der Waals surface area contributed by atoms with Crippen molar-refractivity contribution < 1.29 is 19.1 Å². The van der Waals surface area contributed by atoms with E-state index in [2.05, 4.69) is 4.98 Å². The average Bonchev–Trinajstić information content (AvgIpc) is 2.87. The van der Waals surface area contributed by atoms with Crippen LogP contribution in [0.15, 0.2) is 18.3 Å². The van der Waals surface area contributed by atoms with Crippen molar-refractivity contribution in [1.82, 2.24) is 10.5 Å². The van der Waals surface area contributed by atoms with Crippen LogP contribution in [0.3, 0.4) is 0 Å². The smallest absolute Gasteiger partial charge is 0.250 e. The lowest BCUT2D eigenvalue weighted by Crippen LogP contribution is -2.25. The standard InChI is InChI=1S/C12H13FN2O3/c1-18-12-10(13)5-9(6-14-12)7-2-3-8(4-7)11(16)15-17/h4-6,8,17H,2-3H2,1H3,(H,15,16). The SMILES string of the molecule is COc1ncc(C2=CC(C(=O)NO)CC2)cc1F. The lowest BCUT2D eigenvalue weighted by atomic mass is 10.1. The van der Waals surface area contributed by atoms with Gasteiger partial charge in [-0.1, -0.05) is 6.08 Å². The second-order valence-corrected chi connectivity index (χ2v) is 4.03. The van der Waals surface area contributed by atoms with Gasteiger partial charge in [0, 0.05) is 6.20 Å². The molecule has 0 aliphatic heterocycles. The number of pyridine rings is 1.